The number of carbonyl (C=O) groups excluding carboxylic acids is 1. The summed E-state index contributed by atoms with van der Waals surface area (Å²) >= 11 is 0. The number of nitrogens with two attached hydrogens (primary N) is 1. The van der Waals surface area contributed by atoms with E-state index >= 15 is 0 Å². The minimum Gasteiger partial charge on any atom is -0.383 e. The molecule has 0 spiro atoms. The minimum absolute atomic E-state index is 0.227. The van der Waals surface area contributed by atoms with Gasteiger partial charge in [-0.3, -0.25) is 5.10 Å². The summed E-state index contributed by atoms with van der Waals surface area (Å²) in [6, 6.07) is 0. The van der Waals surface area contributed by atoms with Crippen LogP contribution in [0.25, 0.3) is 0 Å². The molecule has 0 bridgehead atoms. The number of rotatable bonds is 1. The summed E-state index contributed by atoms with van der Waals surface area (Å²) in [5.74, 6) is 5.75. The van der Waals surface area contributed by atoms with Crippen LogP contribution in [0.3, 0.4) is 0 Å². The zero-order chi connectivity index (χ0) is 8.10. The van der Waals surface area contributed by atoms with Gasteiger partial charge in [-0.2, -0.15) is 5.10 Å². The van der Waals surface area contributed by atoms with Crippen LogP contribution in [0, 0.1) is 11.8 Å². The van der Waals surface area contributed by atoms with Crippen molar-refractivity contribution < 1.29 is 4.79 Å². The lowest BCUT2D eigenvalue weighted by Gasteiger charge is -1.81. The molecule has 0 saturated carbocycles. The highest BCUT2D eigenvalue weighted by Crippen LogP contribution is 2.02. The van der Waals surface area contributed by atoms with Crippen LogP contribution in [-0.4, -0.2) is 16.5 Å². The molecule has 4 heteroatoms. The number of nitrogens with one attached hydrogen (secondary N) is 1. The molecule has 11 heavy (non-hydrogen) atoms. The summed E-state index contributed by atoms with van der Waals surface area (Å²) in [5.41, 5.74) is 6.05. The molecule has 3 N–H and O–H groups in total. The van der Waals surface area contributed by atoms with Crippen molar-refractivity contribution in [2.24, 2.45) is 0 Å². The van der Waals surface area contributed by atoms with E-state index in [1.165, 1.54) is 6.20 Å². The maximum absolute atomic E-state index is 9.86. The lowest BCUT2D eigenvalue weighted by molar-refractivity contribution is -0.107. The summed E-state index contributed by atoms with van der Waals surface area (Å²) in [7, 11) is 0. The standard InChI is InChI=1S/C7H7N3O/c8-7-6(5-9-10-7)3-1-2-4-11/h4-5H,2H2,(H3,8,9,10). The predicted octanol–water partition coefficient (Wildman–Crippen LogP) is -0.0676. The Hall–Kier alpha value is -1.76. The zero-order valence-electron chi connectivity index (χ0n) is 5.79. The molecule has 0 aromatic carbocycles. The maximum Gasteiger partial charge on any atom is 0.134 e. The molecule has 0 amide bonds. The Morgan fingerprint density at radius 2 is 2.64 bits per heavy atom. The van der Waals surface area contributed by atoms with E-state index in [4.69, 9.17) is 5.73 Å². The summed E-state index contributed by atoms with van der Waals surface area (Å²) < 4.78 is 0. The maximum atomic E-state index is 9.86. The Morgan fingerprint density at radius 1 is 1.82 bits per heavy atom. The van der Waals surface area contributed by atoms with Crippen molar-refractivity contribution >= 4 is 12.1 Å². The number of hydrogen-bond acceptors (Lipinski definition) is 3. The molecule has 0 radical (unpaired) electrons. The quantitative estimate of drug-likeness (QED) is 0.433. The van der Waals surface area contributed by atoms with Gasteiger partial charge in [0, 0.05) is 0 Å². The molecule has 1 heterocycles. The van der Waals surface area contributed by atoms with Crippen molar-refractivity contribution in [2.45, 2.75) is 6.42 Å². The first-order valence-corrected chi connectivity index (χ1v) is 3.06. The summed E-state index contributed by atoms with van der Waals surface area (Å²) in [4.78, 5) is 9.86. The third-order valence-corrected chi connectivity index (χ3v) is 1.08. The van der Waals surface area contributed by atoms with Crippen LogP contribution in [0.4, 0.5) is 5.82 Å². The van der Waals surface area contributed by atoms with Crippen molar-refractivity contribution in [2.75, 3.05) is 5.73 Å². The van der Waals surface area contributed by atoms with Gasteiger partial charge in [0.1, 0.15) is 12.1 Å². The van der Waals surface area contributed by atoms with E-state index < -0.39 is 0 Å². The van der Waals surface area contributed by atoms with Crippen molar-refractivity contribution in [1.29, 1.82) is 0 Å². The highest BCUT2D eigenvalue weighted by molar-refractivity contribution is 5.56. The van der Waals surface area contributed by atoms with E-state index in [-0.39, 0.29) is 6.42 Å². The molecule has 0 aliphatic rings. The molecule has 56 valence electrons. The summed E-state index contributed by atoms with van der Waals surface area (Å²) in [6.07, 6.45) is 2.49. The molecule has 0 unspecified atom stereocenters. The van der Waals surface area contributed by atoms with E-state index in [2.05, 4.69) is 22.0 Å². The van der Waals surface area contributed by atoms with E-state index in [9.17, 15) is 4.79 Å². The molecule has 0 atom stereocenters. The number of H-pyrrole nitrogens is 1. The van der Waals surface area contributed by atoms with Crippen LogP contribution in [0.5, 0.6) is 0 Å². The van der Waals surface area contributed by atoms with E-state index in [0.29, 0.717) is 11.4 Å². The van der Waals surface area contributed by atoms with Crippen LogP contribution >= 0.6 is 0 Å². The van der Waals surface area contributed by atoms with Gasteiger partial charge in [0.15, 0.2) is 0 Å². The lowest BCUT2D eigenvalue weighted by Crippen LogP contribution is -1.86. The SMILES string of the molecule is Nc1[nH]ncc1C#CCC=O. The highest BCUT2D eigenvalue weighted by atomic mass is 16.1. The van der Waals surface area contributed by atoms with Gasteiger partial charge in [-0.05, 0) is 0 Å². The van der Waals surface area contributed by atoms with Gasteiger partial charge in [0.25, 0.3) is 0 Å². The molecule has 4 nitrogen and oxygen atoms in total. The van der Waals surface area contributed by atoms with Crippen molar-refractivity contribution in [3.63, 3.8) is 0 Å². The lowest BCUT2D eigenvalue weighted by atomic mass is 10.3. The second kappa shape index (κ2) is 3.42. The average molecular weight is 149 g/mol. The fourth-order valence-electron chi connectivity index (χ4n) is 0.584. The van der Waals surface area contributed by atoms with Gasteiger partial charge in [0.2, 0.25) is 0 Å². The zero-order valence-corrected chi connectivity index (χ0v) is 5.79. The second-order valence-corrected chi connectivity index (χ2v) is 1.87. The Labute approximate surface area is 63.8 Å². The highest BCUT2D eigenvalue weighted by Gasteiger charge is 1.93. The Bertz CT molecular complexity index is 305. The van der Waals surface area contributed by atoms with Gasteiger partial charge >= 0.3 is 0 Å². The molecule has 0 aliphatic carbocycles. The first kappa shape index (κ1) is 7.35. The third-order valence-electron chi connectivity index (χ3n) is 1.08. The van der Waals surface area contributed by atoms with Crippen LogP contribution in [0.1, 0.15) is 12.0 Å². The van der Waals surface area contributed by atoms with Crippen molar-refractivity contribution in [3.05, 3.63) is 11.8 Å². The van der Waals surface area contributed by atoms with Gasteiger partial charge in [0.05, 0.1) is 18.2 Å². The predicted molar refractivity (Wildman–Crippen MR) is 40.6 cm³/mol. The smallest absolute Gasteiger partial charge is 0.134 e. The molecular formula is C7H7N3O. The number of aromatic nitrogens is 2. The van der Waals surface area contributed by atoms with Crippen LogP contribution < -0.4 is 5.73 Å². The Balaban J connectivity index is 2.72. The Morgan fingerprint density at radius 3 is 3.18 bits per heavy atom. The first-order valence-electron chi connectivity index (χ1n) is 3.06. The minimum atomic E-state index is 0.227. The fourth-order valence-corrected chi connectivity index (χ4v) is 0.584. The molecule has 0 fully saturated rings. The number of nitrogen functional groups attached to an aromatic ring is 1. The number of carbonyl (C=O) groups is 1. The monoisotopic (exact) mass is 149 g/mol. The molecule has 0 aliphatic heterocycles. The normalized spacial score (nSPS) is 8.36. The number of aldehydes is 1. The molecule has 1 aromatic heterocycles. The summed E-state index contributed by atoms with van der Waals surface area (Å²) in [6.45, 7) is 0. The average Bonchev–Trinajstić information content (AvgIpc) is 2.37. The van der Waals surface area contributed by atoms with E-state index in [0.717, 1.165) is 6.29 Å². The van der Waals surface area contributed by atoms with Crippen molar-refractivity contribution in [1.82, 2.24) is 10.2 Å². The molecular weight excluding hydrogens is 142 g/mol. The third kappa shape index (κ3) is 1.83. The van der Waals surface area contributed by atoms with E-state index in [1.54, 1.807) is 0 Å². The first-order chi connectivity index (χ1) is 5.34. The largest absolute Gasteiger partial charge is 0.383 e. The molecule has 0 saturated heterocycles. The van der Waals surface area contributed by atoms with E-state index in [1.807, 2.05) is 0 Å². The Kier molecular flexibility index (Phi) is 2.28. The molecule has 1 rings (SSSR count). The van der Waals surface area contributed by atoms with Crippen LogP contribution in [0.2, 0.25) is 0 Å². The number of nitrogens with zero attached hydrogens (tertiary/aromatic N) is 1. The number of aromatic amines is 1. The molecule has 1 aromatic rings. The van der Waals surface area contributed by atoms with Gasteiger partial charge in [-0.15, -0.1) is 0 Å². The number of hydrogen-bond donors (Lipinski definition) is 2. The second-order valence-electron chi connectivity index (χ2n) is 1.87. The number of anilines is 1. The summed E-state index contributed by atoms with van der Waals surface area (Å²) in [5, 5.41) is 6.19. The van der Waals surface area contributed by atoms with Gasteiger partial charge < -0.3 is 10.5 Å². The topological polar surface area (TPSA) is 71.8 Å². The van der Waals surface area contributed by atoms with Gasteiger partial charge in [-0.1, -0.05) is 11.8 Å². The van der Waals surface area contributed by atoms with Crippen LogP contribution in [0.15, 0.2) is 6.20 Å². The van der Waals surface area contributed by atoms with Crippen LogP contribution in [-0.2, 0) is 4.79 Å². The fraction of sp³-hybridized carbons (Fsp3) is 0.143. The van der Waals surface area contributed by atoms with Crippen molar-refractivity contribution in [3.8, 4) is 11.8 Å². The van der Waals surface area contributed by atoms with Gasteiger partial charge in [-0.25, -0.2) is 0 Å².